The molecular formula is C18H16N4O6S2. The van der Waals surface area contributed by atoms with Crippen LogP contribution in [0.5, 0.6) is 0 Å². The molecule has 10 nitrogen and oxygen atoms in total. The lowest BCUT2D eigenvalue weighted by atomic mass is 10.2. The average Bonchev–Trinajstić information content (AvgIpc) is 3.19. The van der Waals surface area contributed by atoms with Crippen LogP contribution in [0.15, 0.2) is 46.0 Å². The minimum absolute atomic E-state index is 0.00255. The predicted octanol–water partition coefficient (Wildman–Crippen LogP) is 4.13. The molecule has 1 N–H and O–H groups in total. The Kier molecular flexibility index (Phi) is 6.08. The molecule has 2 aromatic carbocycles. The lowest BCUT2D eigenvalue weighted by Gasteiger charge is -2.05. The van der Waals surface area contributed by atoms with Crippen LogP contribution in [-0.4, -0.2) is 19.4 Å². The van der Waals surface area contributed by atoms with E-state index in [1.54, 1.807) is 10.6 Å². The predicted molar refractivity (Wildman–Crippen MR) is 117 cm³/mol. The molecule has 0 spiro atoms. The second-order valence-electron chi connectivity index (χ2n) is 6.73. The summed E-state index contributed by atoms with van der Waals surface area (Å²) >= 11 is 2.02. The molecule has 2 aromatic heterocycles. The largest absolute Gasteiger partial charge is 0.312 e. The molecular weight excluding hydrogens is 432 g/mol. The average molecular weight is 448 g/mol. The first-order valence-electron chi connectivity index (χ1n) is 8.70. The zero-order chi connectivity index (χ0) is 22.0. The van der Waals surface area contributed by atoms with Crippen molar-refractivity contribution < 1.29 is 9.85 Å². The van der Waals surface area contributed by atoms with E-state index in [-0.39, 0.29) is 21.1 Å². The van der Waals surface area contributed by atoms with Gasteiger partial charge in [-0.25, -0.2) is 0 Å². The Labute approximate surface area is 176 Å². The summed E-state index contributed by atoms with van der Waals surface area (Å²) in [6.07, 6.45) is 0. The number of H-pyrrole nitrogens is 1. The molecule has 0 atom stereocenters. The van der Waals surface area contributed by atoms with E-state index in [0.717, 1.165) is 28.2 Å². The molecule has 4 aromatic rings. The first-order chi connectivity index (χ1) is 14.2. The molecule has 4 rings (SSSR count). The van der Waals surface area contributed by atoms with E-state index in [9.17, 15) is 29.8 Å². The zero-order valence-electron chi connectivity index (χ0n) is 15.9. The van der Waals surface area contributed by atoms with Gasteiger partial charge in [0.25, 0.3) is 11.4 Å². The van der Waals surface area contributed by atoms with Gasteiger partial charge in [0.2, 0.25) is 0 Å². The Bertz CT molecular complexity index is 1360. The molecule has 0 fully saturated rings. The van der Waals surface area contributed by atoms with Gasteiger partial charge < -0.3 is 4.98 Å². The number of aromatic amines is 1. The summed E-state index contributed by atoms with van der Waals surface area (Å²) in [5.74, 6) is 0.362. The highest BCUT2D eigenvalue weighted by molar-refractivity contribution is 7.16. The van der Waals surface area contributed by atoms with Gasteiger partial charge in [0, 0.05) is 30.8 Å². The van der Waals surface area contributed by atoms with E-state index in [0.29, 0.717) is 27.4 Å². The van der Waals surface area contributed by atoms with Gasteiger partial charge in [-0.15, -0.1) is 0 Å². The number of rotatable bonds is 4. The minimum Gasteiger partial charge on any atom is -0.312 e. The van der Waals surface area contributed by atoms with Gasteiger partial charge in [-0.1, -0.05) is 36.5 Å². The fraction of sp³-hybridized carbons (Fsp3) is 0.222. The highest BCUT2D eigenvalue weighted by atomic mass is 32.1. The molecule has 0 unspecified atom stereocenters. The van der Waals surface area contributed by atoms with E-state index in [1.807, 2.05) is 13.8 Å². The van der Waals surface area contributed by atoms with Crippen molar-refractivity contribution in [3.05, 3.63) is 76.0 Å². The highest BCUT2D eigenvalue weighted by Crippen LogP contribution is 2.23. The monoisotopic (exact) mass is 448 g/mol. The van der Waals surface area contributed by atoms with Crippen molar-refractivity contribution in [2.24, 2.45) is 5.92 Å². The topological polar surface area (TPSA) is 141 Å². The van der Waals surface area contributed by atoms with Crippen LogP contribution in [0.3, 0.4) is 0 Å². The molecule has 0 saturated heterocycles. The van der Waals surface area contributed by atoms with Crippen molar-refractivity contribution >= 4 is 54.5 Å². The Hall–Kier alpha value is -3.38. The van der Waals surface area contributed by atoms with E-state index < -0.39 is 9.85 Å². The van der Waals surface area contributed by atoms with Gasteiger partial charge in [0.05, 0.1) is 30.3 Å². The van der Waals surface area contributed by atoms with Crippen LogP contribution in [0.4, 0.5) is 11.4 Å². The number of non-ortho nitro benzene ring substituents is 2. The maximum atomic E-state index is 11.8. The molecule has 156 valence electrons. The minimum atomic E-state index is -0.483. The van der Waals surface area contributed by atoms with Crippen molar-refractivity contribution in [1.29, 1.82) is 0 Å². The van der Waals surface area contributed by atoms with Gasteiger partial charge in [-0.3, -0.25) is 34.4 Å². The summed E-state index contributed by atoms with van der Waals surface area (Å²) in [6, 6.07) is 8.82. The standard InChI is InChI=1S/C11H12N2O3S.C7H4N2O3S/c1-7(2)6-12-9-4-3-8(13(15)16)5-10(9)17-11(12)14;10-7-8-5-2-1-4(9(11)12)3-6(5)13-7/h3-5,7H,6H2,1-2H3;1-3H,(H,8,10). The Morgan fingerprint density at radius 3 is 2.17 bits per heavy atom. The molecule has 0 saturated carbocycles. The number of fused-ring (bicyclic) bond motifs is 2. The van der Waals surface area contributed by atoms with E-state index in [4.69, 9.17) is 0 Å². The van der Waals surface area contributed by atoms with Gasteiger partial charge >= 0.3 is 9.75 Å². The number of hydrogen-bond acceptors (Lipinski definition) is 8. The summed E-state index contributed by atoms with van der Waals surface area (Å²) in [7, 11) is 0. The Morgan fingerprint density at radius 1 is 0.967 bits per heavy atom. The normalized spacial score (nSPS) is 10.9. The van der Waals surface area contributed by atoms with Crippen molar-refractivity contribution in [3.8, 4) is 0 Å². The number of aromatic nitrogens is 2. The van der Waals surface area contributed by atoms with Crippen molar-refractivity contribution in [1.82, 2.24) is 9.55 Å². The molecule has 0 bridgehead atoms. The van der Waals surface area contributed by atoms with Crippen LogP contribution in [-0.2, 0) is 6.54 Å². The number of benzene rings is 2. The smallest absolute Gasteiger partial charge is 0.308 e. The van der Waals surface area contributed by atoms with Gasteiger partial charge in [0.1, 0.15) is 0 Å². The lowest BCUT2D eigenvalue weighted by Crippen LogP contribution is -2.15. The van der Waals surface area contributed by atoms with Crippen LogP contribution in [0.2, 0.25) is 0 Å². The maximum Gasteiger partial charge on any atom is 0.308 e. The fourth-order valence-electron chi connectivity index (χ4n) is 2.75. The summed E-state index contributed by atoms with van der Waals surface area (Å²) in [5, 5.41) is 21.0. The second kappa shape index (κ2) is 8.55. The van der Waals surface area contributed by atoms with E-state index in [1.165, 1.54) is 30.3 Å². The highest BCUT2D eigenvalue weighted by Gasteiger charge is 2.13. The molecule has 0 aliphatic heterocycles. The zero-order valence-corrected chi connectivity index (χ0v) is 17.5. The van der Waals surface area contributed by atoms with Crippen LogP contribution in [0.1, 0.15) is 13.8 Å². The SMILES string of the molecule is CC(C)Cn1c(=O)sc2cc([N+](=O)[O-])ccc21.O=c1[nH]c2ccc([N+](=O)[O-])cc2s1. The summed E-state index contributed by atoms with van der Waals surface area (Å²) < 4.78 is 2.96. The van der Waals surface area contributed by atoms with Crippen LogP contribution < -0.4 is 9.75 Å². The van der Waals surface area contributed by atoms with E-state index >= 15 is 0 Å². The third-order valence-electron chi connectivity index (χ3n) is 4.03. The third kappa shape index (κ3) is 4.60. The molecule has 12 heteroatoms. The molecule has 0 amide bonds. The summed E-state index contributed by atoms with van der Waals surface area (Å²) in [4.78, 5) is 45.0. The third-order valence-corrected chi connectivity index (χ3v) is 5.81. The Balaban J connectivity index is 0.000000177. The van der Waals surface area contributed by atoms with Crippen molar-refractivity contribution in [2.75, 3.05) is 0 Å². The summed E-state index contributed by atoms with van der Waals surface area (Å²) in [5.41, 5.74) is 1.44. The van der Waals surface area contributed by atoms with Gasteiger partial charge in [-0.2, -0.15) is 0 Å². The number of nitro benzene ring substituents is 2. The van der Waals surface area contributed by atoms with Crippen LogP contribution in [0, 0.1) is 26.1 Å². The number of thiazole rings is 2. The Morgan fingerprint density at radius 2 is 1.57 bits per heavy atom. The maximum absolute atomic E-state index is 11.8. The first-order valence-corrected chi connectivity index (χ1v) is 10.3. The van der Waals surface area contributed by atoms with Crippen LogP contribution in [0.25, 0.3) is 20.4 Å². The van der Waals surface area contributed by atoms with Gasteiger partial charge in [0.15, 0.2) is 0 Å². The second-order valence-corrected chi connectivity index (χ2v) is 8.74. The number of hydrogen-bond donors (Lipinski definition) is 1. The first kappa shape index (κ1) is 21.3. The van der Waals surface area contributed by atoms with Crippen molar-refractivity contribution in [2.45, 2.75) is 20.4 Å². The van der Waals surface area contributed by atoms with Crippen molar-refractivity contribution in [3.63, 3.8) is 0 Å². The number of nitro groups is 2. The number of nitrogens with zero attached hydrogens (tertiary/aromatic N) is 3. The van der Waals surface area contributed by atoms with Gasteiger partial charge in [-0.05, 0) is 18.1 Å². The lowest BCUT2D eigenvalue weighted by molar-refractivity contribution is -0.384. The fourth-order valence-corrected chi connectivity index (χ4v) is 4.46. The number of nitrogens with one attached hydrogen (secondary N) is 1. The molecule has 0 radical (unpaired) electrons. The van der Waals surface area contributed by atoms with E-state index in [2.05, 4.69) is 4.98 Å². The molecule has 0 aliphatic rings. The summed E-state index contributed by atoms with van der Waals surface area (Å²) in [6.45, 7) is 4.69. The molecule has 0 aliphatic carbocycles. The molecule has 2 heterocycles. The quantitative estimate of drug-likeness (QED) is 0.368. The molecule has 30 heavy (non-hydrogen) atoms. The van der Waals surface area contributed by atoms with Crippen LogP contribution >= 0.6 is 22.7 Å².